The smallest absolute Gasteiger partial charge is 0.140 e. The Morgan fingerprint density at radius 1 is 1.07 bits per heavy atom. The predicted molar refractivity (Wildman–Crippen MR) is 57.4 cm³/mol. The van der Waals surface area contributed by atoms with Gasteiger partial charge in [0.15, 0.2) is 0 Å². The molecule has 5 heteroatoms. The molecule has 1 aromatic heterocycles. The summed E-state index contributed by atoms with van der Waals surface area (Å²) in [7, 11) is 0. The van der Waals surface area contributed by atoms with Gasteiger partial charge < -0.3 is 0 Å². The summed E-state index contributed by atoms with van der Waals surface area (Å²) in [6, 6.07) is 7.83. The molecule has 0 aliphatic rings. The van der Waals surface area contributed by atoms with Gasteiger partial charge in [-0.15, -0.1) is 0 Å². The highest BCUT2D eigenvalue weighted by Crippen LogP contribution is 2.23. The number of hydrogen-bond donors (Lipinski definition) is 0. The average molecular weight is 247 g/mol. The van der Waals surface area contributed by atoms with Crippen LogP contribution in [0.1, 0.15) is 0 Å². The molecule has 1 heterocycles. The Hall–Kier alpha value is -0.700. The largest absolute Gasteiger partial charge is 0.221 e. The second kappa shape index (κ2) is 3.81. The lowest BCUT2D eigenvalue weighted by atomic mass is 10.3. The molecule has 1 radical (unpaired) electrons. The molecule has 2 nitrogen and oxygen atoms in total. The topological polar surface area (TPSA) is 17.8 Å². The zero-order chi connectivity index (χ0) is 10.1. The van der Waals surface area contributed by atoms with Crippen molar-refractivity contribution in [1.82, 2.24) is 9.78 Å². The molecule has 0 fully saturated rings. The number of rotatable bonds is 1. The molecule has 0 atom stereocenters. The van der Waals surface area contributed by atoms with Gasteiger partial charge in [0, 0.05) is 16.1 Å². The van der Waals surface area contributed by atoms with Crippen LogP contribution < -0.4 is 0 Å². The first-order valence-corrected chi connectivity index (χ1v) is 4.88. The summed E-state index contributed by atoms with van der Waals surface area (Å²) >= 11 is 17.5. The maximum absolute atomic E-state index is 5.84. The molecule has 14 heavy (non-hydrogen) atoms. The van der Waals surface area contributed by atoms with Crippen LogP contribution in [0.3, 0.4) is 0 Å². The fourth-order valence-electron chi connectivity index (χ4n) is 1.09. The summed E-state index contributed by atoms with van der Waals surface area (Å²) in [5, 5.41) is 5.45. The van der Waals surface area contributed by atoms with Crippen LogP contribution in [-0.2, 0) is 0 Å². The molecule has 0 saturated carbocycles. The molecule has 0 unspecified atom stereocenters. The van der Waals surface area contributed by atoms with Crippen molar-refractivity contribution in [2.24, 2.45) is 0 Å². The second-order valence-corrected chi connectivity index (χ2v) is 3.85. The number of hydrogen-bond acceptors (Lipinski definition) is 1. The van der Waals surface area contributed by atoms with Crippen LogP contribution in [0.2, 0.25) is 15.2 Å². The SMILES string of the molecule is Clc1cc(Cl)cc(-n2nc[c]c2Cl)c1. The molecule has 1 aromatic carbocycles. The van der Waals surface area contributed by atoms with Crippen LogP contribution >= 0.6 is 34.8 Å². The molecular weight excluding hydrogens is 242 g/mol. The minimum absolute atomic E-state index is 0.392. The maximum atomic E-state index is 5.84. The van der Waals surface area contributed by atoms with Crippen molar-refractivity contribution in [1.29, 1.82) is 0 Å². The fourth-order valence-corrected chi connectivity index (χ4v) is 1.80. The number of nitrogens with zero attached hydrogens (tertiary/aromatic N) is 2. The third kappa shape index (κ3) is 1.87. The molecule has 0 bridgehead atoms. The lowest BCUT2D eigenvalue weighted by Crippen LogP contribution is -1.95. The molecule has 0 aliphatic heterocycles. The first-order valence-electron chi connectivity index (χ1n) is 3.74. The molecule has 0 saturated heterocycles. The van der Waals surface area contributed by atoms with E-state index < -0.39 is 0 Å². The van der Waals surface area contributed by atoms with Crippen LogP contribution in [-0.4, -0.2) is 9.78 Å². The van der Waals surface area contributed by atoms with E-state index in [0.29, 0.717) is 20.9 Å². The monoisotopic (exact) mass is 245 g/mol. The minimum Gasteiger partial charge on any atom is -0.221 e. The summed E-state index contributed by atoms with van der Waals surface area (Å²) < 4.78 is 1.50. The number of halogens is 3. The highest BCUT2D eigenvalue weighted by molar-refractivity contribution is 6.35. The first-order chi connectivity index (χ1) is 6.66. The van der Waals surface area contributed by atoms with Gasteiger partial charge in [0.1, 0.15) is 5.15 Å². The molecule has 0 aliphatic carbocycles. The highest BCUT2D eigenvalue weighted by Gasteiger charge is 2.04. The van der Waals surface area contributed by atoms with E-state index in [9.17, 15) is 0 Å². The predicted octanol–water partition coefficient (Wildman–Crippen LogP) is 3.63. The average Bonchev–Trinajstić information content (AvgIpc) is 2.49. The van der Waals surface area contributed by atoms with E-state index in [-0.39, 0.29) is 0 Å². The quantitative estimate of drug-likeness (QED) is 0.751. The van der Waals surface area contributed by atoms with E-state index in [0.717, 1.165) is 0 Å². The third-order valence-electron chi connectivity index (χ3n) is 1.63. The van der Waals surface area contributed by atoms with E-state index in [1.807, 2.05) is 0 Å². The van der Waals surface area contributed by atoms with Crippen molar-refractivity contribution in [3.8, 4) is 5.69 Å². The first kappa shape index (κ1) is 9.84. The van der Waals surface area contributed by atoms with E-state index in [1.165, 1.54) is 10.9 Å². The summed E-state index contributed by atoms with van der Waals surface area (Å²) in [6.45, 7) is 0. The highest BCUT2D eigenvalue weighted by atomic mass is 35.5. The Kier molecular flexibility index (Phi) is 2.68. The van der Waals surface area contributed by atoms with Gasteiger partial charge in [-0.1, -0.05) is 34.8 Å². The lowest BCUT2D eigenvalue weighted by molar-refractivity contribution is 0.881. The minimum atomic E-state index is 0.392. The third-order valence-corrected chi connectivity index (χ3v) is 2.34. The zero-order valence-electron chi connectivity index (χ0n) is 6.84. The van der Waals surface area contributed by atoms with Gasteiger partial charge in [-0.3, -0.25) is 0 Å². The Morgan fingerprint density at radius 2 is 1.71 bits per heavy atom. The fraction of sp³-hybridized carbons (Fsp3) is 0. The van der Waals surface area contributed by atoms with Gasteiger partial charge in [-0.2, -0.15) is 5.10 Å². The molecular formula is C9H4Cl3N2. The van der Waals surface area contributed by atoms with Crippen molar-refractivity contribution < 1.29 is 0 Å². The Bertz CT molecular complexity index is 445. The zero-order valence-corrected chi connectivity index (χ0v) is 9.11. The van der Waals surface area contributed by atoms with Crippen LogP contribution in [0.4, 0.5) is 0 Å². The second-order valence-electron chi connectivity index (χ2n) is 2.62. The summed E-state index contributed by atoms with van der Waals surface area (Å²) in [6.07, 6.45) is 1.48. The molecule has 0 N–H and O–H groups in total. The van der Waals surface area contributed by atoms with Crippen LogP contribution in [0.25, 0.3) is 5.69 Å². The van der Waals surface area contributed by atoms with E-state index in [1.54, 1.807) is 18.2 Å². The van der Waals surface area contributed by atoms with Crippen molar-refractivity contribution in [3.63, 3.8) is 0 Å². The van der Waals surface area contributed by atoms with E-state index in [2.05, 4.69) is 11.2 Å². The van der Waals surface area contributed by atoms with Crippen LogP contribution in [0.15, 0.2) is 24.4 Å². The Balaban J connectivity index is 2.57. The molecule has 0 amide bonds. The summed E-state index contributed by atoms with van der Waals surface area (Å²) in [4.78, 5) is 0. The van der Waals surface area contributed by atoms with Gasteiger partial charge in [0.05, 0.1) is 11.9 Å². The van der Waals surface area contributed by atoms with Gasteiger partial charge in [-0.25, -0.2) is 4.68 Å². The van der Waals surface area contributed by atoms with Crippen molar-refractivity contribution >= 4 is 34.8 Å². The Morgan fingerprint density at radius 3 is 2.21 bits per heavy atom. The normalized spacial score (nSPS) is 10.5. The van der Waals surface area contributed by atoms with Gasteiger partial charge >= 0.3 is 0 Å². The van der Waals surface area contributed by atoms with Crippen LogP contribution in [0.5, 0.6) is 0 Å². The maximum Gasteiger partial charge on any atom is 0.140 e. The number of benzene rings is 1. The van der Waals surface area contributed by atoms with Gasteiger partial charge in [-0.05, 0) is 18.2 Å². The molecule has 2 rings (SSSR count). The van der Waals surface area contributed by atoms with E-state index >= 15 is 0 Å². The standard InChI is InChI=1S/C9H4Cl3N2/c10-6-3-7(11)5-8(4-6)14-9(12)1-2-13-14/h2-5H. The summed E-state index contributed by atoms with van der Waals surface area (Å²) in [5.74, 6) is 0. The lowest BCUT2D eigenvalue weighted by Gasteiger charge is -2.03. The van der Waals surface area contributed by atoms with Crippen LogP contribution in [0, 0.1) is 6.07 Å². The van der Waals surface area contributed by atoms with E-state index in [4.69, 9.17) is 34.8 Å². The van der Waals surface area contributed by atoms with Crippen molar-refractivity contribution in [2.75, 3.05) is 0 Å². The van der Waals surface area contributed by atoms with Crippen molar-refractivity contribution in [3.05, 3.63) is 45.7 Å². The van der Waals surface area contributed by atoms with Crippen molar-refractivity contribution in [2.45, 2.75) is 0 Å². The Labute approximate surface area is 96.0 Å². The van der Waals surface area contributed by atoms with Gasteiger partial charge in [0.2, 0.25) is 0 Å². The molecule has 0 spiro atoms. The molecule has 2 aromatic rings. The van der Waals surface area contributed by atoms with Gasteiger partial charge in [0.25, 0.3) is 0 Å². The molecule has 71 valence electrons. The number of aromatic nitrogens is 2. The summed E-state index contributed by atoms with van der Waals surface area (Å²) in [5.41, 5.74) is 0.716.